The SMILES string of the molecule is CC(C)(C)OC(=O)N=S(C)(=O)CC(=O)CCCSc1nonc1-c1noc(=O)n1-c1ccc(F)c(Br)c1. The van der Waals surface area contributed by atoms with Gasteiger partial charge >= 0.3 is 11.8 Å². The molecule has 1 amide bonds. The number of halogens is 2. The van der Waals surface area contributed by atoms with Crippen molar-refractivity contribution < 1.29 is 32.1 Å². The molecule has 12 nitrogen and oxygen atoms in total. The van der Waals surface area contributed by atoms with Gasteiger partial charge in [0.2, 0.25) is 5.82 Å². The summed E-state index contributed by atoms with van der Waals surface area (Å²) in [6, 6.07) is 3.92. The Hall–Kier alpha value is -2.85. The first-order valence-electron chi connectivity index (χ1n) is 10.7. The topological polar surface area (TPSA) is 160 Å². The lowest BCUT2D eigenvalue weighted by Crippen LogP contribution is -2.23. The van der Waals surface area contributed by atoms with E-state index in [1.807, 2.05) is 0 Å². The predicted octanol–water partition coefficient (Wildman–Crippen LogP) is 4.25. The van der Waals surface area contributed by atoms with E-state index in [-0.39, 0.29) is 44.7 Å². The maximum atomic E-state index is 13.6. The molecule has 1 aromatic carbocycles. The van der Waals surface area contributed by atoms with Crippen molar-refractivity contribution in [2.45, 2.75) is 44.2 Å². The van der Waals surface area contributed by atoms with Crippen LogP contribution in [-0.2, 0) is 19.3 Å². The monoisotopic (exact) mass is 619 g/mol. The molecule has 0 radical (unpaired) electrons. The fourth-order valence-corrected chi connectivity index (χ4v) is 5.30. The van der Waals surface area contributed by atoms with E-state index in [9.17, 15) is 23.0 Å². The Morgan fingerprint density at radius 2 is 2.00 bits per heavy atom. The number of ether oxygens (including phenoxy) is 1. The Morgan fingerprint density at radius 3 is 2.68 bits per heavy atom. The van der Waals surface area contributed by atoms with E-state index in [2.05, 4.69) is 35.8 Å². The van der Waals surface area contributed by atoms with Gasteiger partial charge in [0.1, 0.15) is 17.2 Å². The highest BCUT2D eigenvalue weighted by Crippen LogP contribution is 2.29. The summed E-state index contributed by atoms with van der Waals surface area (Å²) in [5.41, 5.74) is -0.392. The number of carbonyl (C=O) groups excluding carboxylic acids is 2. The van der Waals surface area contributed by atoms with Gasteiger partial charge in [-0.2, -0.15) is 0 Å². The third kappa shape index (κ3) is 8.07. The van der Waals surface area contributed by atoms with Crippen molar-refractivity contribution in [3.63, 3.8) is 0 Å². The normalized spacial score (nSPS) is 13.2. The minimum atomic E-state index is -3.08. The third-order valence-corrected chi connectivity index (χ3v) is 7.40. The highest BCUT2D eigenvalue weighted by atomic mass is 79.9. The largest absolute Gasteiger partial charge is 0.446 e. The van der Waals surface area contributed by atoms with Gasteiger partial charge in [0.15, 0.2) is 10.7 Å². The van der Waals surface area contributed by atoms with E-state index in [1.165, 1.54) is 36.2 Å². The zero-order valence-electron chi connectivity index (χ0n) is 20.2. The van der Waals surface area contributed by atoms with Crippen LogP contribution in [0.25, 0.3) is 17.2 Å². The number of hydrogen-bond donors (Lipinski definition) is 0. The Morgan fingerprint density at radius 1 is 1.27 bits per heavy atom. The van der Waals surface area contributed by atoms with Gasteiger partial charge in [-0.1, -0.05) is 5.16 Å². The van der Waals surface area contributed by atoms with Crippen molar-refractivity contribution in [1.82, 2.24) is 20.0 Å². The van der Waals surface area contributed by atoms with Crippen LogP contribution in [0.5, 0.6) is 0 Å². The van der Waals surface area contributed by atoms with Gasteiger partial charge in [0.25, 0.3) is 0 Å². The number of aromatic nitrogens is 4. The lowest BCUT2D eigenvalue weighted by molar-refractivity contribution is -0.116. The number of ketones is 1. The summed E-state index contributed by atoms with van der Waals surface area (Å²) in [7, 11) is -3.08. The molecule has 0 aliphatic heterocycles. The molecule has 0 N–H and O–H groups in total. The molecule has 0 spiro atoms. The third-order valence-electron chi connectivity index (χ3n) is 4.36. The summed E-state index contributed by atoms with van der Waals surface area (Å²) in [4.78, 5) is 36.3. The molecule has 1 unspecified atom stereocenters. The van der Waals surface area contributed by atoms with Crippen molar-refractivity contribution in [1.29, 1.82) is 0 Å². The maximum absolute atomic E-state index is 13.6. The number of nitrogens with zero attached hydrogens (tertiary/aromatic N) is 5. The van der Waals surface area contributed by atoms with Crippen LogP contribution >= 0.6 is 27.7 Å². The van der Waals surface area contributed by atoms with Gasteiger partial charge in [-0.3, -0.25) is 9.32 Å². The van der Waals surface area contributed by atoms with Crippen LogP contribution in [0.4, 0.5) is 9.18 Å². The van der Waals surface area contributed by atoms with Gasteiger partial charge in [0, 0.05) is 18.4 Å². The number of hydrogen-bond acceptors (Lipinski definition) is 11. The van der Waals surface area contributed by atoms with Crippen LogP contribution in [0.2, 0.25) is 0 Å². The highest BCUT2D eigenvalue weighted by Gasteiger charge is 2.24. The van der Waals surface area contributed by atoms with Gasteiger partial charge in [-0.05, 0) is 71.6 Å². The molecule has 0 saturated carbocycles. The Balaban J connectivity index is 1.62. The predicted molar refractivity (Wildman–Crippen MR) is 136 cm³/mol. The summed E-state index contributed by atoms with van der Waals surface area (Å²) in [5.74, 6) is -1.65. The maximum Gasteiger partial charge on any atom is 0.446 e. The first kappa shape index (κ1) is 28.7. The minimum Gasteiger partial charge on any atom is -0.442 e. The molecule has 1 atom stereocenters. The lowest BCUT2D eigenvalue weighted by atomic mass is 10.2. The standard InChI is InChI=1S/C21H23BrFN5O7S2/c1-21(2,3)33-19(30)27-37(4,32)11-13(29)6-5-9-36-18-16(24-35-26-18)17-25-34-20(31)28(17)12-7-8-15(23)14(22)10-12/h7-8,10H,5-6,9,11H2,1-4H3. The van der Waals surface area contributed by atoms with Crippen molar-refractivity contribution >= 4 is 49.3 Å². The smallest absolute Gasteiger partial charge is 0.442 e. The Kier molecular flexibility index (Phi) is 9.07. The molecule has 0 aliphatic rings. The van der Waals surface area contributed by atoms with Crippen molar-refractivity contribution in [3.05, 3.63) is 39.0 Å². The van der Waals surface area contributed by atoms with Crippen molar-refractivity contribution in [3.8, 4) is 17.2 Å². The minimum absolute atomic E-state index is 0.00203. The van der Waals surface area contributed by atoms with E-state index < -0.39 is 33.0 Å². The molecule has 200 valence electrons. The first-order valence-corrected chi connectivity index (χ1v) is 14.6. The fraction of sp³-hybridized carbons (Fsp3) is 0.429. The fourth-order valence-electron chi connectivity index (χ4n) is 2.94. The Labute approximate surface area is 223 Å². The van der Waals surface area contributed by atoms with E-state index in [4.69, 9.17) is 13.9 Å². The second-order valence-corrected chi connectivity index (χ2v) is 13.1. The number of Topliss-reactive ketones (excluding diaryl/α,β-unsaturated/α-hetero) is 1. The van der Waals surface area contributed by atoms with Gasteiger partial charge < -0.3 is 4.74 Å². The van der Waals surface area contributed by atoms with Crippen LogP contribution in [0.15, 0.2) is 46.0 Å². The van der Waals surface area contributed by atoms with Crippen LogP contribution in [0, 0.1) is 5.82 Å². The average Bonchev–Trinajstić information content (AvgIpc) is 3.37. The van der Waals surface area contributed by atoms with Crippen LogP contribution < -0.4 is 5.76 Å². The van der Waals surface area contributed by atoms with E-state index in [1.54, 1.807) is 20.8 Å². The highest BCUT2D eigenvalue weighted by molar-refractivity contribution is 9.10. The van der Waals surface area contributed by atoms with Crippen LogP contribution in [0.1, 0.15) is 33.6 Å². The van der Waals surface area contributed by atoms with E-state index in [0.29, 0.717) is 12.2 Å². The zero-order valence-corrected chi connectivity index (χ0v) is 23.4. The van der Waals surface area contributed by atoms with Gasteiger partial charge in [-0.15, -0.1) is 16.1 Å². The molecule has 37 heavy (non-hydrogen) atoms. The summed E-state index contributed by atoms with van der Waals surface area (Å²) >= 11 is 4.26. The van der Waals surface area contributed by atoms with Gasteiger partial charge in [0.05, 0.1) is 25.6 Å². The summed E-state index contributed by atoms with van der Waals surface area (Å²) < 4.78 is 45.5. The summed E-state index contributed by atoms with van der Waals surface area (Å²) in [5, 5.41) is 11.7. The van der Waals surface area contributed by atoms with Gasteiger partial charge in [-0.25, -0.2) is 27.4 Å². The molecule has 2 heterocycles. The number of rotatable bonds is 9. The lowest BCUT2D eigenvalue weighted by Gasteiger charge is -2.17. The second kappa shape index (κ2) is 11.7. The summed E-state index contributed by atoms with van der Waals surface area (Å²) in [6.07, 6.45) is 0.719. The number of thioether (sulfide) groups is 1. The molecule has 0 aliphatic carbocycles. The molecule has 0 bridgehead atoms. The van der Waals surface area contributed by atoms with E-state index in [0.717, 1.165) is 4.57 Å². The quantitative estimate of drug-likeness (QED) is 0.249. The van der Waals surface area contributed by atoms with Crippen LogP contribution in [0.3, 0.4) is 0 Å². The summed E-state index contributed by atoms with van der Waals surface area (Å²) in [6.45, 7) is 4.96. The number of amides is 1. The zero-order chi connectivity index (χ0) is 27.4. The van der Waals surface area contributed by atoms with Crippen molar-refractivity contribution in [2.24, 2.45) is 4.36 Å². The number of benzene rings is 1. The molecule has 3 rings (SSSR count). The Bertz CT molecular complexity index is 1480. The molecule has 2 aromatic heterocycles. The van der Waals surface area contributed by atoms with Crippen LogP contribution in [-0.4, -0.2) is 59.5 Å². The van der Waals surface area contributed by atoms with Crippen molar-refractivity contribution in [2.75, 3.05) is 17.8 Å². The molecule has 16 heteroatoms. The average molecular weight is 620 g/mol. The molecule has 0 fully saturated rings. The molecule has 0 saturated heterocycles. The molecule has 3 aromatic rings. The molecular weight excluding hydrogens is 597 g/mol. The second-order valence-electron chi connectivity index (χ2n) is 8.79. The number of carbonyl (C=O) groups is 2. The molecular formula is C21H23BrFN5O7S2. The van der Waals surface area contributed by atoms with E-state index >= 15 is 0 Å². The first-order chi connectivity index (χ1) is 17.3.